The van der Waals surface area contributed by atoms with Crippen molar-refractivity contribution in [1.82, 2.24) is 10.3 Å². The first-order valence-electron chi connectivity index (χ1n) is 8.79. The normalized spacial score (nSPS) is 16.4. The number of benzene rings is 1. The van der Waals surface area contributed by atoms with Crippen LogP contribution in [0.5, 0.6) is 5.75 Å². The van der Waals surface area contributed by atoms with E-state index in [1.807, 2.05) is 24.3 Å². The summed E-state index contributed by atoms with van der Waals surface area (Å²) < 4.78 is 11.4. The summed E-state index contributed by atoms with van der Waals surface area (Å²) in [6, 6.07) is 14.7. The highest BCUT2D eigenvalue weighted by molar-refractivity contribution is 5.28. The van der Waals surface area contributed by atoms with Crippen LogP contribution in [0, 0.1) is 0 Å². The Bertz CT molecular complexity index is 796. The number of pyridine rings is 1. The second-order valence-electron chi connectivity index (χ2n) is 6.41. The van der Waals surface area contributed by atoms with Gasteiger partial charge < -0.3 is 14.5 Å². The molecule has 1 aromatic carbocycles. The standard InChI is InChI=1S/C21H22N2O2/c1-2-20(19-10-13-24-21(19)3-1)23-14-16-4-6-18(7-5-16)25-15-17-8-11-22-12-9-17/h4-13,20,23H,1-3,14-15H2. The van der Waals surface area contributed by atoms with E-state index in [-0.39, 0.29) is 0 Å². The van der Waals surface area contributed by atoms with Crippen molar-refractivity contribution < 1.29 is 9.15 Å². The zero-order valence-corrected chi connectivity index (χ0v) is 14.2. The molecule has 4 rings (SSSR count). The molecule has 0 spiro atoms. The fourth-order valence-electron chi connectivity index (χ4n) is 3.29. The largest absolute Gasteiger partial charge is 0.489 e. The van der Waals surface area contributed by atoms with Gasteiger partial charge in [0.15, 0.2) is 0 Å². The van der Waals surface area contributed by atoms with E-state index >= 15 is 0 Å². The van der Waals surface area contributed by atoms with Crippen molar-refractivity contribution in [3.8, 4) is 5.75 Å². The van der Waals surface area contributed by atoms with Crippen molar-refractivity contribution in [1.29, 1.82) is 0 Å². The first-order valence-corrected chi connectivity index (χ1v) is 8.79. The third kappa shape index (κ3) is 3.91. The number of ether oxygens (including phenoxy) is 1. The molecule has 4 nitrogen and oxygen atoms in total. The van der Waals surface area contributed by atoms with Gasteiger partial charge in [0.25, 0.3) is 0 Å². The highest BCUT2D eigenvalue weighted by atomic mass is 16.5. The van der Waals surface area contributed by atoms with Gasteiger partial charge in [0.1, 0.15) is 18.1 Å². The fraction of sp³-hybridized carbons (Fsp3) is 0.286. The molecular formula is C21H22N2O2. The van der Waals surface area contributed by atoms with Gasteiger partial charge in [0, 0.05) is 37.0 Å². The molecule has 1 N–H and O–H groups in total. The number of rotatable bonds is 6. The van der Waals surface area contributed by atoms with Crippen LogP contribution in [0.3, 0.4) is 0 Å². The Hall–Kier alpha value is -2.59. The van der Waals surface area contributed by atoms with Crippen LogP contribution < -0.4 is 10.1 Å². The van der Waals surface area contributed by atoms with E-state index in [0.29, 0.717) is 12.6 Å². The summed E-state index contributed by atoms with van der Waals surface area (Å²) in [5.74, 6) is 2.03. The maximum atomic E-state index is 5.82. The van der Waals surface area contributed by atoms with Crippen LogP contribution in [0.1, 0.15) is 41.3 Å². The minimum Gasteiger partial charge on any atom is -0.489 e. The Morgan fingerprint density at radius 2 is 1.88 bits per heavy atom. The fourth-order valence-corrected chi connectivity index (χ4v) is 3.29. The summed E-state index contributed by atoms with van der Waals surface area (Å²) in [5, 5.41) is 3.65. The van der Waals surface area contributed by atoms with E-state index in [1.54, 1.807) is 18.7 Å². The molecule has 0 radical (unpaired) electrons. The molecule has 0 saturated carbocycles. The molecule has 128 valence electrons. The smallest absolute Gasteiger partial charge is 0.119 e. The lowest BCUT2D eigenvalue weighted by molar-refractivity contribution is 0.306. The summed E-state index contributed by atoms with van der Waals surface area (Å²) in [4.78, 5) is 4.01. The summed E-state index contributed by atoms with van der Waals surface area (Å²) in [5.41, 5.74) is 3.70. The Labute approximate surface area is 147 Å². The summed E-state index contributed by atoms with van der Waals surface area (Å²) in [6.07, 6.45) is 8.78. The van der Waals surface area contributed by atoms with Gasteiger partial charge in [-0.15, -0.1) is 0 Å². The van der Waals surface area contributed by atoms with Gasteiger partial charge in [-0.2, -0.15) is 0 Å². The van der Waals surface area contributed by atoms with Crippen molar-refractivity contribution in [3.05, 3.63) is 83.6 Å². The Morgan fingerprint density at radius 1 is 1.04 bits per heavy atom. The number of fused-ring (bicyclic) bond motifs is 1. The maximum Gasteiger partial charge on any atom is 0.119 e. The first kappa shape index (κ1) is 15.9. The number of nitrogens with one attached hydrogen (secondary N) is 1. The zero-order chi connectivity index (χ0) is 16.9. The van der Waals surface area contributed by atoms with Gasteiger partial charge in [0.05, 0.1) is 6.26 Å². The second kappa shape index (κ2) is 7.53. The third-order valence-electron chi connectivity index (χ3n) is 4.68. The summed E-state index contributed by atoms with van der Waals surface area (Å²) in [7, 11) is 0. The van der Waals surface area contributed by atoms with Gasteiger partial charge in [0.2, 0.25) is 0 Å². The van der Waals surface area contributed by atoms with E-state index in [0.717, 1.165) is 30.0 Å². The van der Waals surface area contributed by atoms with Crippen LogP contribution in [-0.4, -0.2) is 4.98 Å². The van der Waals surface area contributed by atoms with Crippen LogP contribution in [0.15, 0.2) is 65.5 Å². The lowest BCUT2D eigenvalue weighted by Gasteiger charge is -2.23. The molecule has 25 heavy (non-hydrogen) atoms. The molecule has 1 aliphatic rings. The van der Waals surface area contributed by atoms with E-state index < -0.39 is 0 Å². The monoisotopic (exact) mass is 334 g/mol. The zero-order valence-electron chi connectivity index (χ0n) is 14.2. The Kier molecular flexibility index (Phi) is 4.79. The molecule has 2 aromatic heterocycles. The Balaban J connectivity index is 1.31. The quantitative estimate of drug-likeness (QED) is 0.725. The van der Waals surface area contributed by atoms with Gasteiger partial charge >= 0.3 is 0 Å². The maximum absolute atomic E-state index is 5.82. The summed E-state index contributed by atoms with van der Waals surface area (Å²) in [6.45, 7) is 1.41. The second-order valence-corrected chi connectivity index (χ2v) is 6.41. The molecule has 0 saturated heterocycles. The van der Waals surface area contributed by atoms with Crippen LogP contribution >= 0.6 is 0 Å². The molecule has 0 amide bonds. The van der Waals surface area contributed by atoms with Crippen molar-refractivity contribution in [2.75, 3.05) is 0 Å². The SMILES string of the molecule is c1cc(COc2ccc(CNC3CCCc4occc43)cc2)ccn1. The molecule has 4 heteroatoms. The average Bonchev–Trinajstić information content (AvgIpc) is 3.16. The molecule has 1 atom stereocenters. The Morgan fingerprint density at radius 3 is 2.72 bits per heavy atom. The number of nitrogens with zero attached hydrogens (tertiary/aromatic N) is 1. The molecule has 1 aliphatic carbocycles. The number of aryl methyl sites for hydroxylation is 1. The van der Waals surface area contributed by atoms with Crippen molar-refractivity contribution in [2.45, 2.75) is 38.5 Å². The van der Waals surface area contributed by atoms with E-state index in [2.05, 4.69) is 28.5 Å². The van der Waals surface area contributed by atoms with Gasteiger partial charge in [-0.1, -0.05) is 12.1 Å². The highest BCUT2D eigenvalue weighted by Crippen LogP contribution is 2.30. The minimum absolute atomic E-state index is 0.394. The lowest BCUT2D eigenvalue weighted by atomic mass is 9.93. The van der Waals surface area contributed by atoms with Crippen LogP contribution in [-0.2, 0) is 19.6 Å². The van der Waals surface area contributed by atoms with Gasteiger partial charge in [-0.25, -0.2) is 0 Å². The number of aromatic nitrogens is 1. The number of hydrogen-bond donors (Lipinski definition) is 1. The van der Waals surface area contributed by atoms with Gasteiger partial charge in [-0.05, 0) is 54.3 Å². The summed E-state index contributed by atoms with van der Waals surface area (Å²) >= 11 is 0. The topological polar surface area (TPSA) is 47.3 Å². The molecular weight excluding hydrogens is 312 g/mol. The van der Waals surface area contributed by atoms with Crippen molar-refractivity contribution in [2.24, 2.45) is 0 Å². The van der Waals surface area contributed by atoms with Crippen LogP contribution in [0.2, 0.25) is 0 Å². The highest BCUT2D eigenvalue weighted by Gasteiger charge is 2.21. The van der Waals surface area contributed by atoms with E-state index in [1.165, 1.54) is 24.0 Å². The van der Waals surface area contributed by atoms with Crippen molar-refractivity contribution in [3.63, 3.8) is 0 Å². The predicted octanol–water partition coefficient (Wildman–Crippen LogP) is 4.42. The molecule has 3 aromatic rings. The van der Waals surface area contributed by atoms with E-state index in [9.17, 15) is 0 Å². The first-order chi connectivity index (χ1) is 12.4. The lowest BCUT2D eigenvalue weighted by Crippen LogP contribution is -2.23. The van der Waals surface area contributed by atoms with E-state index in [4.69, 9.17) is 9.15 Å². The van der Waals surface area contributed by atoms with Gasteiger partial charge in [-0.3, -0.25) is 4.98 Å². The van der Waals surface area contributed by atoms with Crippen molar-refractivity contribution >= 4 is 0 Å². The molecule has 0 aliphatic heterocycles. The minimum atomic E-state index is 0.394. The molecule has 2 heterocycles. The number of furan rings is 1. The van der Waals surface area contributed by atoms with Crippen LogP contribution in [0.4, 0.5) is 0 Å². The number of hydrogen-bond acceptors (Lipinski definition) is 4. The van der Waals surface area contributed by atoms with Crippen LogP contribution in [0.25, 0.3) is 0 Å². The molecule has 1 unspecified atom stereocenters. The molecule has 0 bridgehead atoms. The third-order valence-corrected chi connectivity index (χ3v) is 4.68. The average molecular weight is 334 g/mol. The predicted molar refractivity (Wildman–Crippen MR) is 96.2 cm³/mol. The molecule has 0 fully saturated rings.